The van der Waals surface area contributed by atoms with Crippen LogP contribution < -0.4 is 16.2 Å². The maximum atomic E-state index is 3.46. The molecular formula is C8H19N3. The fraction of sp³-hybridized carbons (Fsp3) is 1.00. The number of nitrogens with one attached hydrogen (secondary N) is 3. The van der Waals surface area contributed by atoms with E-state index in [1.54, 1.807) is 0 Å². The minimum absolute atomic E-state index is 0.275. The maximum Gasteiger partial charge on any atom is 0.0765 e. The van der Waals surface area contributed by atoms with Crippen molar-refractivity contribution in [1.82, 2.24) is 16.2 Å². The van der Waals surface area contributed by atoms with Crippen molar-refractivity contribution in [2.75, 3.05) is 0 Å². The van der Waals surface area contributed by atoms with Crippen LogP contribution in [0.5, 0.6) is 0 Å². The lowest BCUT2D eigenvalue weighted by Gasteiger charge is -2.26. The average molecular weight is 157 g/mol. The third-order valence-corrected chi connectivity index (χ3v) is 2.04. The van der Waals surface area contributed by atoms with Crippen LogP contribution >= 0.6 is 0 Å². The fourth-order valence-corrected chi connectivity index (χ4v) is 1.15. The predicted molar refractivity (Wildman–Crippen MR) is 46.7 cm³/mol. The molecule has 1 saturated heterocycles. The van der Waals surface area contributed by atoms with Gasteiger partial charge in [-0.05, 0) is 11.8 Å². The van der Waals surface area contributed by atoms with Crippen LogP contribution in [-0.2, 0) is 0 Å². The molecule has 0 amide bonds. The average Bonchev–Trinajstić information content (AvgIpc) is 2.32. The molecule has 0 aromatic rings. The molecule has 1 aliphatic rings. The Morgan fingerprint density at radius 1 is 1.18 bits per heavy atom. The molecule has 3 heteroatoms. The van der Waals surface area contributed by atoms with Crippen molar-refractivity contribution in [3.8, 4) is 0 Å². The van der Waals surface area contributed by atoms with Crippen LogP contribution in [0, 0.1) is 5.41 Å². The normalized spacial score (nSPS) is 32.7. The summed E-state index contributed by atoms with van der Waals surface area (Å²) in [4.78, 5) is 0. The molecule has 66 valence electrons. The zero-order valence-electron chi connectivity index (χ0n) is 7.86. The number of hydrogen-bond donors (Lipinski definition) is 3. The summed E-state index contributed by atoms with van der Waals surface area (Å²) < 4.78 is 0. The summed E-state index contributed by atoms with van der Waals surface area (Å²) in [6.07, 6.45) is 1.92. The second-order valence-corrected chi connectivity index (χ2v) is 4.22. The molecule has 0 radical (unpaired) electrons. The van der Waals surface area contributed by atoms with E-state index in [4.69, 9.17) is 0 Å². The Morgan fingerprint density at radius 3 is 2.09 bits per heavy atom. The van der Waals surface area contributed by atoms with Gasteiger partial charge in [-0.1, -0.05) is 27.7 Å². The Morgan fingerprint density at radius 2 is 1.82 bits per heavy atom. The van der Waals surface area contributed by atoms with Crippen LogP contribution in [0.4, 0.5) is 0 Å². The van der Waals surface area contributed by atoms with Gasteiger partial charge < -0.3 is 0 Å². The van der Waals surface area contributed by atoms with Gasteiger partial charge in [-0.2, -0.15) is 0 Å². The molecule has 11 heavy (non-hydrogen) atoms. The van der Waals surface area contributed by atoms with Crippen molar-refractivity contribution in [2.45, 2.75) is 46.4 Å². The fourth-order valence-electron chi connectivity index (χ4n) is 1.15. The molecule has 1 heterocycles. The van der Waals surface area contributed by atoms with E-state index < -0.39 is 0 Å². The van der Waals surface area contributed by atoms with E-state index in [0.29, 0.717) is 12.3 Å². The Kier molecular flexibility index (Phi) is 2.52. The highest BCUT2D eigenvalue weighted by Crippen LogP contribution is 2.19. The van der Waals surface area contributed by atoms with Gasteiger partial charge in [0.1, 0.15) is 0 Å². The smallest absolute Gasteiger partial charge is 0.0765 e. The number of hydrazine groups is 1. The van der Waals surface area contributed by atoms with Crippen LogP contribution in [0.25, 0.3) is 0 Å². The lowest BCUT2D eigenvalue weighted by atomic mass is 9.93. The molecule has 2 unspecified atom stereocenters. The van der Waals surface area contributed by atoms with Crippen LogP contribution in [0.1, 0.15) is 34.1 Å². The first kappa shape index (κ1) is 8.97. The van der Waals surface area contributed by atoms with Gasteiger partial charge in [0.05, 0.1) is 12.3 Å². The molecule has 3 N–H and O–H groups in total. The van der Waals surface area contributed by atoms with Crippen molar-refractivity contribution >= 4 is 0 Å². The zero-order chi connectivity index (χ0) is 8.48. The number of rotatable bonds is 1. The van der Waals surface area contributed by atoms with Gasteiger partial charge in [0.2, 0.25) is 0 Å². The molecule has 1 fully saturated rings. The molecule has 0 aromatic carbocycles. The first-order valence-electron chi connectivity index (χ1n) is 4.31. The molecule has 3 nitrogen and oxygen atoms in total. The van der Waals surface area contributed by atoms with Crippen molar-refractivity contribution in [1.29, 1.82) is 0 Å². The zero-order valence-corrected chi connectivity index (χ0v) is 7.86. The molecule has 0 saturated carbocycles. The van der Waals surface area contributed by atoms with Crippen molar-refractivity contribution in [3.63, 3.8) is 0 Å². The van der Waals surface area contributed by atoms with Gasteiger partial charge >= 0.3 is 0 Å². The van der Waals surface area contributed by atoms with E-state index in [1.165, 1.54) is 0 Å². The summed E-state index contributed by atoms with van der Waals surface area (Å²) in [5.41, 5.74) is 6.71. The second kappa shape index (κ2) is 3.09. The lowest BCUT2D eigenvalue weighted by molar-refractivity contribution is 0.261. The topological polar surface area (TPSA) is 36.1 Å². The summed E-state index contributed by atoms with van der Waals surface area (Å²) in [7, 11) is 0. The molecule has 0 bridgehead atoms. The van der Waals surface area contributed by atoms with Crippen molar-refractivity contribution < 1.29 is 0 Å². The largest absolute Gasteiger partial charge is 0.284 e. The highest BCUT2D eigenvalue weighted by atomic mass is 15.5. The Balaban J connectivity index is 2.42. The Hall–Kier alpha value is -0.120. The summed E-state index contributed by atoms with van der Waals surface area (Å²) >= 11 is 0. The van der Waals surface area contributed by atoms with E-state index in [0.717, 1.165) is 6.42 Å². The first-order valence-corrected chi connectivity index (χ1v) is 4.31. The molecule has 0 spiro atoms. The number of hydrogen-bond acceptors (Lipinski definition) is 3. The van der Waals surface area contributed by atoms with Gasteiger partial charge in [-0.25, -0.2) is 10.9 Å². The summed E-state index contributed by atoms with van der Waals surface area (Å²) in [6.45, 7) is 8.82. The van der Waals surface area contributed by atoms with Crippen molar-refractivity contribution in [2.24, 2.45) is 5.41 Å². The summed E-state index contributed by atoms with van der Waals surface area (Å²) in [5, 5.41) is 3.46. The first-order chi connectivity index (χ1) is 5.04. The van der Waals surface area contributed by atoms with Crippen molar-refractivity contribution in [3.05, 3.63) is 0 Å². The minimum Gasteiger partial charge on any atom is -0.284 e. The Labute approximate surface area is 68.9 Å². The predicted octanol–water partition coefficient (Wildman–Crippen LogP) is 0.792. The molecule has 1 aliphatic heterocycles. The van der Waals surface area contributed by atoms with Gasteiger partial charge in [0.25, 0.3) is 0 Å². The standard InChI is InChI=1S/C8H19N3/c1-5-6-9-7(11-10-6)8(2,3)4/h6-7,9-11H,5H2,1-4H3. The third-order valence-electron chi connectivity index (χ3n) is 2.04. The van der Waals surface area contributed by atoms with E-state index in [9.17, 15) is 0 Å². The molecule has 2 atom stereocenters. The Bertz CT molecular complexity index is 128. The van der Waals surface area contributed by atoms with Crippen LogP contribution in [0.2, 0.25) is 0 Å². The van der Waals surface area contributed by atoms with E-state index in [1.807, 2.05) is 0 Å². The molecule has 0 aliphatic carbocycles. The van der Waals surface area contributed by atoms with E-state index in [2.05, 4.69) is 43.9 Å². The van der Waals surface area contributed by atoms with E-state index in [-0.39, 0.29) is 5.41 Å². The van der Waals surface area contributed by atoms with Gasteiger partial charge in [0.15, 0.2) is 0 Å². The van der Waals surface area contributed by atoms with Gasteiger partial charge in [-0.3, -0.25) is 5.32 Å². The summed E-state index contributed by atoms with van der Waals surface area (Å²) in [6, 6.07) is 0. The van der Waals surface area contributed by atoms with Crippen LogP contribution in [-0.4, -0.2) is 12.3 Å². The van der Waals surface area contributed by atoms with E-state index >= 15 is 0 Å². The molecule has 0 aromatic heterocycles. The SMILES string of the molecule is CCC1NNC(C(C)(C)C)N1. The van der Waals surface area contributed by atoms with Gasteiger partial charge in [-0.15, -0.1) is 0 Å². The highest BCUT2D eigenvalue weighted by Gasteiger charge is 2.30. The van der Waals surface area contributed by atoms with Gasteiger partial charge in [0, 0.05) is 0 Å². The van der Waals surface area contributed by atoms with Crippen LogP contribution in [0.3, 0.4) is 0 Å². The second-order valence-electron chi connectivity index (χ2n) is 4.22. The minimum atomic E-state index is 0.275. The summed E-state index contributed by atoms with van der Waals surface area (Å²) in [5.74, 6) is 0. The molecule has 1 rings (SSSR count). The quantitative estimate of drug-likeness (QED) is 0.527. The van der Waals surface area contributed by atoms with Crippen LogP contribution in [0.15, 0.2) is 0 Å². The maximum absolute atomic E-state index is 3.46. The highest BCUT2D eigenvalue weighted by molar-refractivity contribution is 4.84. The molecular weight excluding hydrogens is 138 g/mol. The third kappa shape index (κ3) is 2.15. The lowest BCUT2D eigenvalue weighted by Crippen LogP contribution is -2.44. The monoisotopic (exact) mass is 157 g/mol.